The molecule has 0 fully saturated rings. The minimum atomic E-state index is -0.206. The van der Waals surface area contributed by atoms with Crippen molar-refractivity contribution in [2.75, 3.05) is 14.1 Å². The summed E-state index contributed by atoms with van der Waals surface area (Å²) in [6.07, 6.45) is 0.874. The summed E-state index contributed by atoms with van der Waals surface area (Å²) in [7, 11) is 3.93. The smallest absolute Gasteiger partial charge is 0.123 e. The zero-order valence-electron chi connectivity index (χ0n) is 9.57. The van der Waals surface area contributed by atoms with E-state index < -0.39 is 0 Å². The van der Waals surface area contributed by atoms with Crippen molar-refractivity contribution in [3.63, 3.8) is 0 Å². The largest absolute Gasteiger partial charge is 0.326 e. The Kier molecular flexibility index (Phi) is 4.24. The molecule has 1 aromatic rings. The van der Waals surface area contributed by atoms with Crippen LogP contribution in [0.25, 0.3) is 0 Å². The second-order valence-corrected chi connectivity index (χ2v) is 4.04. The molecule has 1 rings (SSSR count). The number of nitrogens with zero attached hydrogens (tertiary/aromatic N) is 1. The van der Waals surface area contributed by atoms with Gasteiger partial charge in [-0.1, -0.05) is 19.1 Å². The van der Waals surface area contributed by atoms with Crippen molar-refractivity contribution >= 4 is 0 Å². The molecule has 0 aliphatic heterocycles. The average molecular weight is 210 g/mol. The van der Waals surface area contributed by atoms with Gasteiger partial charge in [0.1, 0.15) is 5.82 Å². The summed E-state index contributed by atoms with van der Waals surface area (Å²) in [4.78, 5) is 2.03. The molecule has 0 saturated carbocycles. The molecule has 0 radical (unpaired) electrons. The number of hydrogen-bond donors (Lipinski definition) is 1. The molecule has 3 heteroatoms. The van der Waals surface area contributed by atoms with Gasteiger partial charge in [-0.2, -0.15) is 0 Å². The van der Waals surface area contributed by atoms with E-state index >= 15 is 0 Å². The summed E-state index contributed by atoms with van der Waals surface area (Å²) in [6, 6.07) is 6.76. The SMILES string of the molecule is CCC(N)C(c1cccc(F)c1)N(C)C. The average Bonchev–Trinajstić information content (AvgIpc) is 2.17. The van der Waals surface area contributed by atoms with Crippen molar-refractivity contribution in [1.29, 1.82) is 0 Å². The summed E-state index contributed by atoms with van der Waals surface area (Å²) in [5, 5.41) is 0. The van der Waals surface area contributed by atoms with Gasteiger partial charge in [-0.3, -0.25) is 0 Å². The Balaban J connectivity index is 2.99. The lowest BCUT2D eigenvalue weighted by atomic mass is 9.97. The summed E-state index contributed by atoms with van der Waals surface area (Å²) in [6.45, 7) is 2.04. The van der Waals surface area contributed by atoms with Crippen molar-refractivity contribution in [2.24, 2.45) is 5.73 Å². The maximum atomic E-state index is 13.1. The lowest BCUT2D eigenvalue weighted by Gasteiger charge is -2.29. The third kappa shape index (κ3) is 3.01. The van der Waals surface area contributed by atoms with Crippen molar-refractivity contribution in [3.05, 3.63) is 35.6 Å². The second-order valence-electron chi connectivity index (χ2n) is 4.04. The van der Waals surface area contributed by atoms with Gasteiger partial charge in [-0.15, -0.1) is 0 Å². The van der Waals surface area contributed by atoms with Gasteiger partial charge in [0.25, 0.3) is 0 Å². The number of rotatable bonds is 4. The van der Waals surface area contributed by atoms with Gasteiger partial charge < -0.3 is 10.6 Å². The van der Waals surface area contributed by atoms with Gasteiger partial charge in [-0.05, 0) is 38.2 Å². The lowest BCUT2D eigenvalue weighted by molar-refractivity contribution is 0.253. The van der Waals surface area contributed by atoms with E-state index in [1.165, 1.54) is 6.07 Å². The Morgan fingerprint density at radius 2 is 2.07 bits per heavy atom. The fourth-order valence-electron chi connectivity index (χ4n) is 1.84. The molecule has 1 aromatic carbocycles. The van der Waals surface area contributed by atoms with Crippen molar-refractivity contribution in [2.45, 2.75) is 25.4 Å². The van der Waals surface area contributed by atoms with Gasteiger partial charge in [0.15, 0.2) is 0 Å². The topological polar surface area (TPSA) is 29.3 Å². The van der Waals surface area contributed by atoms with Crippen molar-refractivity contribution in [3.8, 4) is 0 Å². The molecule has 2 N–H and O–H groups in total. The molecular weight excluding hydrogens is 191 g/mol. The predicted molar refractivity (Wildman–Crippen MR) is 61.1 cm³/mol. The van der Waals surface area contributed by atoms with E-state index in [-0.39, 0.29) is 17.9 Å². The van der Waals surface area contributed by atoms with Gasteiger partial charge >= 0.3 is 0 Å². The summed E-state index contributed by atoms with van der Waals surface area (Å²) in [5.74, 6) is -0.206. The van der Waals surface area contributed by atoms with Crippen LogP contribution in [0.2, 0.25) is 0 Å². The lowest BCUT2D eigenvalue weighted by Crippen LogP contribution is -2.36. The highest BCUT2D eigenvalue weighted by Crippen LogP contribution is 2.23. The van der Waals surface area contributed by atoms with E-state index in [1.807, 2.05) is 32.0 Å². The van der Waals surface area contributed by atoms with Crippen LogP contribution in [0.5, 0.6) is 0 Å². The van der Waals surface area contributed by atoms with E-state index in [1.54, 1.807) is 12.1 Å². The second kappa shape index (κ2) is 5.24. The predicted octanol–water partition coefficient (Wildman–Crippen LogP) is 2.17. The molecule has 2 unspecified atom stereocenters. The van der Waals surface area contributed by atoms with Crippen LogP contribution >= 0.6 is 0 Å². The molecule has 0 saturated heterocycles. The Bertz CT molecular complexity index is 312. The first-order chi connectivity index (χ1) is 7.06. The van der Waals surface area contributed by atoms with E-state index in [0.29, 0.717) is 0 Å². The summed E-state index contributed by atoms with van der Waals surface area (Å²) >= 11 is 0. The molecule has 0 bridgehead atoms. The first kappa shape index (κ1) is 12.1. The minimum Gasteiger partial charge on any atom is -0.326 e. The maximum absolute atomic E-state index is 13.1. The van der Waals surface area contributed by atoms with Crippen LogP contribution < -0.4 is 5.73 Å². The van der Waals surface area contributed by atoms with Crippen LogP contribution in [0, 0.1) is 5.82 Å². The number of nitrogens with two attached hydrogens (primary N) is 1. The summed E-state index contributed by atoms with van der Waals surface area (Å²) in [5.41, 5.74) is 6.98. The first-order valence-corrected chi connectivity index (χ1v) is 5.23. The van der Waals surface area contributed by atoms with Crippen LogP contribution in [0.3, 0.4) is 0 Å². The first-order valence-electron chi connectivity index (χ1n) is 5.23. The molecule has 0 aliphatic rings. The van der Waals surface area contributed by atoms with Gasteiger partial charge in [0.2, 0.25) is 0 Å². The van der Waals surface area contributed by atoms with E-state index in [2.05, 4.69) is 0 Å². The third-order valence-corrected chi connectivity index (χ3v) is 2.62. The van der Waals surface area contributed by atoms with Crippen LogP contribution in [0.4, 0.5) is 4.39 Å². The number of likely N-dealkylation sites (N-methyl/N-ethyl adjacent to an activating group) is 1. The van der Waals surface area contributed by atoms with Crippen LogP contribution in [0.15, 0.2) is 24.3 Å². The minimum absolute atomic E-state index is 0.0294. The zero-order chi connectivity index (χ0) is 11.4. The fraction of sp³-hybridized carbons (Fsp3) is 0.500. The monoisotopic (exact) mass is 210 g/mol. The number of hydrogen-bond acceptors (Lipinski definition) is 2. The van der Waals surface area contributed by atoms with Gasteiger partial charge in [0.05, 0.1) is 0 Å². The Labute approximate surface area is 90.9 Å². The zero-order valence-corrected chi connectivity index (χ0v) is 9.57. The number of benzene rings is 1. The molecule has 84 valence electrons. The Hall–Kier alpha value is -0.930. The molecule has 15 heavy (non-hydrogen) atoms. The fourth-order valence-corrected chi connectivity index (χ4v) is 1.84. The molecular formula is C12H19FN2. The van der Waals surface area contributed by atoms with Crippen LogP contribution in [0.1, 0.15) is 24.9 Å². The van der Waals surface area contributed by atoms with Crippen molar-refractivity contribution in [1.82, 2.24) is 4.90 Å². The normalized spacial score (nSPS) is 15.3. The summed E-state index contributed by atoms with van der Waals surface area (Å²) < 4.78 is 13.1. The third-order valence-electron chi connectivity index (χ3n) is 2.62. The number of halogens is 1. The van der Waals surface area contributed by atoms with E-state index in [9.17, 15) is 4.39 Å². The molecule has 0 aromatic heterocycles. The highest BCUT2D eigenvalue weighted by Gasteiger charge is 2.20. The van der Waals surface area contributed by atoms with Gasteiger partial charge in [0, 0.05) is 12.1 Å². The Morgan fingerprint density at radius 1 is 1.40 bits per heavy atom. The van der Waals surface area contributed by atoms with E-state index in [4.69, 9.17) is 5.73 Å². The van der Waals surface area contributed by atoms with Gasteiger partial charge in [-0.25, -0.2) is 4.39 Å². The van der Waals surface area contributed by atoms with Crippen LogP contribution in [-0.4, -0.2) is 25.0 Å². The highest BCUT2D eigenvalue weighted by atomic mass is 19.1. The molecule has 0 amide bonds. The standard InChI is InChI=1S/C12H19FN2/c1-4-11(14)12(15(2)3)9-6-5-7-10(13)8-9/h5-8,11-12H,4,14H2,1-3H3. The molecule has 0 aliphatic carbocycles. The Morgan fingerprint density at radius 3 is 2.53 bits per heavy atom. The maximum Gasteiger partial charge on any atom is 0.123 e. The molecule has 0 heterocycles. The van der Waals surface area contributed by atoms with E-state index in [0.717, 1.165) is 12.0 Å². The quantitative estimate of drug-likeness (QED) is 0.825. The van der Waals surface area contributed by atoms with Crippen molar-refractivity contribution < 1.29 is 4.39 Å². The van der Waals surface area contributed by atoms with Crippen LogP contribution in [-0.2, 0) is 0 Å². The highest BCUT2D eigenvalue weighted by molar-refractivity contribution is 5.21. The molecule has 0 spiro atoms. The molecule has 2 nitrogen and oxygen atoms in total. The molecule has 2 atom stereocenters.